The second kappa shape index (κ2) is 6.49. The summed E-state index contributed by atoms with van der Waals surface area (Å²) >= 11 is 0. The molecule has 2 N–H and O–H groups in total. The van der Waals surface area contributed by atoms with Gasteiger partial charge in [0.15, 0.2) is 9.84 Å². The van der Waals surface area contributed by atoms with E-state index in [-0.39, 0.29) is 11.4 Å². The van der Waals surface area contributed by atoms with Crippen LogP contribution in [-0.2, 0) is 39.5 Å². The van der Waals surface area contributed by atoms with Gasteiger partial charge in [-0.15, -0.1) is 0 Å². The Balaban J connectivity index is 1.79. The zero-order chi connectivity index (χ0) is 18.2. The lowest BCUT2D eigenvalue weighted by Gasteiger charge is -2.09. The van der Waals surface area contributed by atoms with Crippen molar-refractivity contribution in [3.8, 4) is 0 Å². The average Bonchev–Trinajstić information content (AvgIpc) is 2.99. The molecule has 1 aliphatic heterocycles. The van der Waals surface area contributed by atoms with Crippen molar-refractivity contribution in [1.29, 1.82) is 0 Å². The first-order valence-electron chi connectivity index (χ1n) is 7.47. The fourth-order valence-corrected chi connectivity index (χ4v) is 4.43. The van der Waals surface area contributed by atoms with Gasteiger partial charge < -0.3 is 5.32 Å². The Kier molecular flexibility index (Phi) is 4.67. The molecule has 1 aliphatic rings. The van der Waals surface area contributed by atoms with Crippen LogP contribution in [0.2, 0.25) is 0 Å². The van der Waals surface area contributed by atoms with Gasteiger partial charge in [0.2, 0.25) is 10.0 Å². The largest absolute Gasteiger partial charge is 0.309 e. The summed E-state index contributed by atoms with van der Waals surface area (Å²) in [5, 5.41) is 3.21. The van der Waals surface area contributed by atoms with Crippen LogP contribution in [-0.4, -0.2) is 23.1 Å². The van der Waals surface area contributed by atoms with E-state index in [1.807, 2.05) is 18.2 Å². The van der Waals surface area contributed by atoms with E-state index in [1.165, 1.54) is 5.56 Å². The Bertz CT molecular complexity index is 1030. The summed E-state index contributed by atoms with van der Waals surface area (Å²) in [6, 6.07) is 8.45. The molecule has 6 nitrogen and oxygen atoms in total. The summed E-state index contributed by atoms with van der Waals surface area (Å²) in [7, 11) is -7.71. The standard InChI is InChI=1S/C16H17FN2O4S2/c1-24(20,21)16-5-4-14(7-15(16)17)25(22,23)19-8-11-2-3-12-9-18-10-13(12)6-11/h2-7,18-19H,8-10H2,1H3. The maximum atomic E-state index is 13.9. The van der Waals surface area contributed by atoms with Crippen molar-refractivity contribution in [2.24, 2.45) is 0 Å². The molecule has 0 saturated heterocycles. The van der Waals surface area contributed by atoms with E-state index in [9.17, 15) is 21.2 Å². The highest BCUT2D eigenvalue weighted by Crippen LogP contribution is 2.20. The van der Waals surface area contributed by atoms with Gasteiger partial charge in [-0.25, -0.2) is 25.9 Å². The van der Waals surface area contributed by atoms with E-state index < -0.39 is 30.6 Å². The van der Waals surface area contributed by atoms with Gasteiger partial charge in [-0.1, -0.05) is 18.2 Å². The van der Waals surface area contributed by atoms with Crippen LogP contribution in [0.5, 0.6) is 0 Å². The zero-order valence-corrected chi connectivity index (χ0v) is 15.0. The Labute approximate surface area is 146 Å². The van der Waals surface area contributed by atoms with Crippen LogP contribution in [0.25, 0.3) is 0 Å². The molecule has 9 heteroatoms. The van der Waals surface area contributed by atoms with Crippen molar-refractivity contribution < 1.29 is 21.2 Å². The van der Waals surface area contributed by atoms with Crippen LogP contribution >= 0.6 is 0 Å². The minimum atomic E-state index is -3.96. The second-order valence-electron chi connectivity index (χ2n) is 5.90. The maximum Gasteiger partial charge on any atom is 0.240 e. The fraction of sp³-hybridized carbons (Fsp3) is 0.250. The Hall–Kier alpha value is -1.81. The highest BCUT2D eigenvalue weighted by molar-refractivity contribution is 7.90. The highest BCUT2D eigenvalue weighted by atomic mass is 32.2. The van der Waals surface area contributed by atoms with E-state index in [0.717, 1.165) is 42.6 Å². The number of hydrogen-bond acceptors (Lipinski definition) is 5. The van der Waals surface area contributed by atoms with E-state index in [4.69, 9.17) is 0 Å². The third-order valence-corrected chi connectivity index (χ3v) is 6.51. The van der Waals surface area contributed by atoms with Crippen molar-refractivity contribution in [1.82, 2.24) is 10.0 Å². The number of hydrogen-bond donors (Lipinski definition) is 2. The number of rotatable bonds is 5. The van der Waals surface area contributed by atoms with Crippen molar-refractivity contribution >= 4 is 19.9 Å². The molecule has 0 atom stereocenters. The summed E-state index contributed by atoms with van der Waals surface area (Å²) in [5.74, 6) is -1.09. The lowest BCUT2D eigenvalue weighted by atomic mass is 10.1. The predicted octanol–water partition coefficient (Wildman–Crippen LogP) is 1.31. The topological polar surface area (TPSA) is 92.3 Å². The molecule has 134 valence electrons. The van der Waals surface area contributed by atoms with Crippen LogP contribution in [0.15, 0.2) is 46.2 Å². The minimum Gasteiger partial charge on any atom is -0.309 e. The van der Waals surface area contributed by atoms with Gasteiger partial charge in [0, 0.05) is 25.9 Å². The normalized spacial score (nSPS) is 14.5. The summed E-state index contributed by atoms with van der Waals surface area (Å²) < 4.78 is 63.8. The van der Waals surface area contributed by atoms with Gasteiger partial charge in [0.25, 0.3) is 0 Å². The summed E-state index contributed by atoms with van der Waals surface area (Å²) in [6.45, 7) is 1.60. The smallest absolute Gasteiger partial charge is 0.240 e. The Morgan fingerprint density at radius 3 is 2.44 bits per heavy atom. The van der Waals surface area contributed by atoms with Crippen LogP contribution in [0, 0.1) is 5.82 Å². The SMILES string of the molecule is CS(=O)(=O)c1ccc(S(=O)(=O)NCc2ccc3c(c2)CNC3)cc1F. The molecular formula is C16H17FN2O4S2. The van der Waals surface area contributed by atoms with E-state index >= 15 is 0 Å². The molecule has 25 heavy (non-hydrogen) atoms. The molecule has 0 fully saturated rings. The molecule has 0 spiro atoms. The first-order valence-corrected chi connectivity index (χ1v) is 10.8. The molecule has 2 aromatic rings. The van der Waals surface area contributed by atoms with Gasteiger partial charge in [0.05, 0.1) is 4.90 Å². The molecule has 0 unspecified atom stereocenters. The third-order valence-electron chi connectivity index (χ3n) is 3.98. The van der Waals surface area contributed by atoms with Crippen LogP contribution in [0.4, 0.5) is 4.39 Å². The Morgan fingerprint density at radius 2 is 1.76 bits per heavy atom. The monoisotopic (exact) mass is 384 g/mol. The van der Waals surface area contributed by atoms with Gasteiger partial charge >= 0.3 is 0 Å². The second-order valence-corrected chi connectivity index (χ2v) is 9.65. The molecule has 0 bridgehead atoms. The van der Waals surface area contributed by atoms with E-state index in [2.05, 4.69) is 10.0 Å². The van der Waals surface area contributed by atoms with Crippen molar-refractivity contribution in [3.05, 3.63) is 58.9 Å². The lowest BCUT2D eigenvalue weighted by molar-refractivity contribution is 0.560. The van der Waals surface area contributed by atoms with Crippen LogP contribution < -0.4 is 10.0 Å². The van der Waals surface area contributed by atoms with Gasteiger partial charge in [0.1, 0.15) is 10.7 Å². The number of benzene rings is 2. The lowest BCUT2D eigenvalue weighted by Crippen LogP contribution is -2.23. The van der Waals surface area contributed by atoms with E-state index in [0.29, 0.717) is 6.07 Å². The molecule has 0 saturated carbocycles. The van der Waals surface area contributed by atoms with Crippen molar-refractivity contribution in [2.75, 3.05) is 6.26 Å². The molecule has 2 aromatic carbocycles. The number of nitrogens with one attached hydrogen (secondary N) is 2. The molecule has 1 heterocycles. The maximum absolute atomic E-state index is 13.9. The minimum absolute atomic E-state index is 0.0606. The first-order chi connectivity index (χ1) is 11.7. The molecule has 0 aromatic heterocycles. The van der Waals surface area contributed by atoms with Crippen molar-refractivity contribution in [2.45, 2.75) is 29.4 Å². The summed E-state index contributed by atoms with van der Waals surface area (Å²) in [6.07, 6.45) is 0.862. The Morgan fingerprint density at radius 1 is 1.04 bits per heavy atom. The molecule has 3 rings (SSSR count). The summed E-state index contributed by atoms with van der Waals surface area (Å²) in [5.41, 5.74) is 3.10. The van der Waals surface area contributed by atoms with Crippen LogP contribution in [0.3, 0.4) is 0 Å². The highest BCUT2D eigenvalue weighted by Gasteiger charge is 2.20. The predicted molar refractivity (Wildman–Crippen MR) is 90.5 cm³/mol. The van der Waals surface area contributed by atoms with Crippen LogP contribution in [0.1, 0.15) is 16.7 Å². The van der Waals surface area contributed by atoms with Gasteiger partial charge in [-0.2, -0.15) is 0 Å². The number of fused-ring (bicyclic) bond motifs is 1. The quantitative estimate of drug-likeness (QED) is 0.811. The third kappa shape index (κ3) is 3.90. The number of sulfonamides is 1. The fourth-order valence-electron chi connectivity index (χ4n) is 2.67. The van der Waals surface area contributed by atoms with Gasteiger partial charge in [-0.3, -0.25) is 0 Å². The molecule has 0 amide bonds. The number of halogens is 1. The molecular weight excluding hydrogens is 367 g/mol. The molecule has 0 radical (unpaired) electrons. The summed E-state index contributed by atoms with van der Waals surface area (Å²) in [4.78, 5) is -0.849. The zero-order valence-electron chi connectivity index (χ0n) is 13.4. The number of sulfone groups is 1. The van der Waals surface area contributed by atoms with Crippen molar-refractivity contribution in [3.63, 3.8) is 0 Å². The average molecular weight is 384 g/mol. The first kappa shape index (κ1) is 18.0. The van der Waals surface area contributed by atoms with Gasteiger partial charge in [-0.05, 0) is 34.9 Å². The molecule has 0 aliphatic carbocycles. The van der Waals surface area contributed by atoms with E-state index in [1.54, 1.807) is 0 Å².